The van der Waals surface area contributed by atoms with Gasteiger partial charge in [0.25, 0.3) is 0 Å². The average molecular weight is 523 g/mol. The summed E-state index contributed by atoms with van der Waals surface area (Å²) < 4.78 is 7.81. The fourth-order valence-electron chi connectivity index (χ4n) is 4.55. The largest absolute Gasteiger partial charge is 0.489 e. The Hall–Kier alpha value is -3.86. The van der Waals surface area contributed by atoms with Gasteiger partial charge in [-0.1, -0.05) is 28.9 Å². The third-order valence-electron chi connectivity index (χ3n) is 6.55. The zero-order valence-corrected chi connectivity index (χ0v) is 21.3. The van der Waals surface area contributed by atoms with E-state index in [4.69, 9.17) is 21.3 Å². The highest BCUT2D eigenvalue weighted by Gasteiger charge is 2.28. The molecule has 0 aliphatic heterocycles. The van der Waals surface area contributed by atoms with Crippen LogP contribution in [0.25, 0.3) is 11.4 Å². The van der Waals surface area contributed by atoms with Crippen molar-refractivity contribution in [1.82, 2.24) is 40.2 Å². The lowest BCUT2D eigenvalue weighted by Crippen LogP contribution is -2.29. The van der Waals surface area contributed by atoms with Crippen molar-refractivity contribution in [3.63, 3.8) is 0 Å². The van der Waals surface area contributed by atoms with Gasteiger partial charge in [-0.25, -0.2) is 9.67 Å². The SMILES string of the molecule is Cc1nc(-c2nnn(C)c2Cn2nnc(Cc3ccc(Cl)cc3)n2)ccc1O[C@H]1CCC[C@H](C(=O)O)C1. The Kier molecular flexibility index (Phi) is 7.13. The molecular weight excluding hydrogens is 496 g/mol. The number of carbonyl (C=O) groups is 1. The maximum atomic E-state index is 11.4. The second-order valence-electron chi connectivity index (χ2n) is 9.27. The van der Waals surface area contributed by atoms with E-state index in [1.807, 2.05) is 50.4 Å². The third-order valence-corrected chi connectivity index (χ3v) is 6.80. The van der Waals surface area contributed by atoms with Gasteiger partial charge >= 0.3 is 5.97 Å². The molecule has 11 nitrogen and oxygen atoms in total. The van der Waals surface area contributed by atoms with E-state index in [0.717, 1.165) is 24.1 Å². The van der Waals surface area contributed by atoms with Crippen LogP contribution in [-0.4, -0.2) is 57.4 Å². The molecule has 3 heterocycles. The maximum Gasteiger partial charge on any atom is 0.306 e. The van der Waals surface area contributed by atoms with E-state index in [0.29, 0.717) is 59.5 Å². The summed E-state index contributed by atoms with van der Waals surface area (Å²) in [6, 6.07) is 11.2. The third kappa shape index (κ3) is 5.77. The number of halogens is 1. The van der Waals surface area contributed by atoms with Gasteiger partial charge in [0.1, 0.15) is 18.0 Å². The van der Waals surface area contributed by atoms with E-state index in [9.17, 15) is 9.90 Å². The summed E-state index contributed by atoms with van der Waals surface area (Å²) in [6.07, 6.45) is 3.30. The smallest absolute Gasteiger partial charge is 0.306 e. The first-order valence-corrected chi connectivity index (χ1v) is 12.5. The molecule has 0 spiro atoms. The molecule has 1 saturated carbocycles. The maximum absolute atomic E-state index is 11.4. The zero-order chi connectivity index (χ0) is 25.9. The van der Waals surface area contributed by atoms with Crippen LogP contribution in [0.4, 0.5) is 0 Å². The number of carboxylic acid groups (broad SMARTS) is 1. The van der Waals surface area contributed by atoms with Crippen molar-refractivity contribution < 1.29 is 14.6 Å². The Morgan fingerprint density at radius 1 is 1.14 bits per heavy atom. The molecule has 1 aliphatic rings. The number of aliphatic carboxylic acids is 1. The lowest BCUT2D eigenvalue weighted by Gasteiger charge is -2.27. The molecule has 0 unspecified atom stereocenters. The Morgan fingerprint density at radius 3 is 2.70 bits per heavy atom. The molecule has 0 bridgehead atoms. The van der Waals surface area contributed by atoms with Crippen molar-refractivity contribution in [2.45, 2.75) is 51.7 Å². The summed E-state index contributed by atoms with van der Waals surface area (Å²) in [5.41, 5.74) is 3.81. The molecule has 1 fully saturated rings. The minimum atomic E-state index is -0.757. The molecule has 2 atom stereocenters. The van der Waals surface area contributed by atoms with Crippen LogP contribution in [0.5, 0.6) is 5.75 Å². The number of hydrogen-bond donors (Lipinski definition) is 1. The molecule has 192 valence electrons. The van der Waals surface area contributed by atoms with Gasteiger partial charge in [0.2, 0.25) is 0 Å². The normalized spacial score (nSPS) is 17.6. The summed E-state index contributed by atoms with van der Waals surface area (Å²) in [7, 11) is 1.81. The quantitative estimate of drug-likeness (QED) is 0.369. The van der Waals surface area contributed by atoms with Crippen molar-refractivity contribution in [2.75, 3.05) is 0 Å². The van der Waals surface area contributed by atoms with E-state index in [1.165, 1.54) is 4.80 Å². The summed E-state index contributed by atoms with van der Waals surface area (Å²) in [6.45, 7) is 2.19. The fraction of sp³-hybridized carbons (Fsp3) is 0.400. The predicted octanol–water partition coefficient (Wildman–Crippen LogP) is 3.49. The summed E-state index contributed by atoms with van der Waals surface area (Å²) in [4.78, 5) is 17.6. The van der Waals surface area contributed by atoms with Gasteiger partial charge in [-0.15, -0.1) is 15.3 Å². The molecule has 5 rings (SSSR count). The van der Waals surface area contributed by atoms with Gasteiger partial charge in [0, 0.05) is 18.5 Å². The fourth-order valence-corrected chi connectivity index (χ4v) is 4.67. The van der Waals surface area contributed by atoms with Gasteiger partial charge in [-0.05, 0) is 67.6 Å². The second kappa shape index (κ2) is 10.6. The minimum absolute atomic E-state index is 0.131. The number of tetrazole rings is 1. The molecular formula is C25H27ClN8O3. The number of aromatic nitrogens is 8. The van der Waals surface area contributed by atoms with Crippen LogP contribution in [0.1, 0.15) is 48.5 Å². The monoisotopic (exact) mass is 522 g/mol. The van der Waals surface area contributed by atoms with E-state index < -0.39 is 5.97 Å². The standard InChI is InChI=1S/C25H27ClN8O3/c1-15-22(37-19-5-3-4-17(13-19)25(35)36)11-10-20(27-15)24-21(33(2)31-29-24)14-34-30-23(28-32-34)12-16-6-8-18(26)9-7-16/h6-11,17,19H,3-5,12-14H2,1-2H3,(H,35,36)/t17-,19-/m0/s1. The number of carboxylic acids is 1. The van der Waals surface area contributed by atoms with Crippen LogP contribution in [-0.2, 0) is 24.8 Å². The van der Waals surface area contributed by atoms with E-state index >= 15 is 0 Å². The lowest BCUT2D eigenvalue weighted by atomic mass is 9.87. The van der Waals surface area contributed by atoms with Gasteiger partial charge in [0.15, 0.2) is 5.82 Å². The minimum Gasteiger partial charge on any atom is -0.489 e. The summed E-state index contributed by atoms with van der Waals surface area (Å²) >= 11 is 5.96. The highest BCUT2D eigenvalue weighted by atomic mass is 35.5. The van der Waals surface area contributed by atoms with Crippen LogP contribution in [0.3, 0.4) is 0 Å². The Labute approximate surface area is 218 Å². The van der Waals surface area contributed by atoms with Crippen LogP contribution in [0.2, 0.25) is 5.02 Å². The molecule has 0 radical (unpaired) electrons. The van der Waals surface area contributed by atoms with Crippen LogP contribution in [0, 0.1) is 12.8 Å². The van der Waals surface area contributed by atoms with E-state index in [-0.39, 0.29) is 12.0 Å². The molecule has 4 aromatic rings. The first kappa shape index (κ1) is 24.8. The number of nitrogens with zero attached hydrogens (tertiary/aromatic N) is 8. The average Bonchev–Trinajstić information content (AvgIpc) is 3.48. The first-order chi connectivity index (χ1) is 17.9. The molecule has 0 saturated heterocycles. The van der Waals surface area contributed by atoms with Crippen molar-refractivity contribution >= 4 is 17.6 Å². The van der Waals surface area contributed by atoms with Gasteiger partial charge < -0.3 is 9.84 Å². The zero-order valence-electron chi connectivity index (χ0n) is 20.6. The highest BCUT2D eigenvalue weighted by Crippen LogP contribution is 2.30. The van der Waals surface area contributed by atoms with Crippen LogP contribution >= 0.6 is 11.6 Å². The second-order valence-corrected chi connectivity index (χ2v) is 9.71. The van der Waals surface area contributed by atoms with Crippen molar-refractivity contribution in [1.29, 1.82) is 0 Å². The topological polar surface area (TPSA) is 134 Å². The Balaban J connectivity index is 1.30. The highest BCUT2D eigenvalue weighted by molar-refractivity contribution is 6.30. The van der Waals surface area contributed by atoms with Crippen molar-refractivity contribution in [3.05, 3.63) is 64.2 Å². The molecule has 12 heteroatoms. The molecule has 0 amide bonds. The van der Waals surface area contributed by atoms with E-state index in [2.05, 4.69) is 25.7 Å². The summed E-state index contributed by atoms with van der Waals surface area (Å²) in [5, 5.41) is 31.4. The number of aryl methyl sites for hydroxylation is 2. The number of hydrogen-bond acceptors (Lipinski definition) is 8. The molecule has 1 aromatic carbocycles. The predicted molar refractivity (Wildman–Crippen MR) is 134 cm³/mol. The van der Waals surface area contributed by atoms with E-state index in [1.54, 1.807) is 4.68 Å². The Bertz CT molecular complexity index is 1400. The summed E-state index contributed by atoms with van der Waals surface area (Å²) in [5.74, 6) is 0.135. The Morgan fingerprint density at radius 2 is 1.95 bits per heavy atom. The number of rotatable bonds is 8. The lowest BCUT2D eigenvalue weighted by molar-refractivity contribution is -0.143. The van der Waals surface area contributed by atoms with Crippen molar-refractivity contribution in [2.24, 2.45) is 13.0 Å². The first-order valence-electron chi connectivity index (χ1n) is 12.1. The molecule has 3 aromatic heterocycles. The van der Waals surface area contributed by atoms with Crippen molar-refractivity contribution in [3.8, 4) is 17.1 Å². The number of ether oxygens (including phenoxy) is 1. The van der Waals surface area contributed by atoms with Crippen LogP contribution in [0.15, 0.2) is 36.4 Å². The van der Waals surface area contributed by atoms with Gasteiger partial charge in [-0.3, -0.25) is 4.79 Å². The number of pyridine rings is 1. The van der Waals surface area contributed by atoms with Crippen LogP contribution < -0.4 is 4.74 Å². The van der Waals surface area contributed by atoms with Gasteiger partial charge in [0.05, 0.1) is 29.1 Å². The molecule has 1 N–H and O–H groups in total. The molecule has 37 heavy (non-hydrogen) atoms. The number of benzene rings is 1. The van der Waals surface area contributed by atoms with Gasteiger partial charge in [-0.2, -0.15) is 4.80 Å². The molecule has 1 aliphatic carbocycles.